The number of fused-ring (bicyclic) bond motifs is 1. The highest BCUT2D eigenvalue weighted by Gasteiger charge is 2.29. The molecule has 1 aliphatic carbocycles. The highest BCUT2D eigenvalue weighted by Crippen LogP contribution is 2.40. The Balaban J connectivity index is 1.43. The third-order valence-electron chi connectivity index (χ3n) is 6.42. The van der Waals surface area contributed by atoms with Crippen LogP contribution < -0.4 is 15.4 Å². The molecule has 0 saturated heterocycles. The number of hydrogen-bond acceptors (Lipinski definition) is 6. The van der Waals surface area contributed by atoms with Crippen LogP contribution in [0.2, 0.25) is 0 Å². The lowest BCUT2D eigenvalue weighted by atomic mass is 9.88. The molecule has 2 aromatic carbocycles. The van der Waals surface area contributed by atoms with Gasteiger partial charge in [-0.25, -0.2) is 4.79 Å². The van der Waals surface area contributed by atoms with Crippen molar-refractivity contribution in [2.24, 2.45) is 5.92 Å². The molecular formula is C29H32N2O5S. The molecule has 194 valence electrons. The lowest BCUT2D eigenvalue weighted by Gasteiger charge is -2.18. The van der Waals surface area contributed by atoms with E-state index in [-0.39, 0.29) is 18.4 Å². The van der Waals surface area contributed by atoms with Crippen molar-refractivity contribution in [2.45, 2.75) is 53.1 Å². The summed E-state index contributed by atoms with van der Waals surface area (Å²) in [5.41, 5.74) is 3.60. The molecule has 37 heavy (non-hydrogen) atoms. The first-order valence-corrected chi connectivity index (χ1v) is 13.3. The Bertz CT molecular complexity index is 1300. The normalized spacial score (nSPS) is 15.3. The van der Waals surface area contributed by atoms with Crippen molar-refractivity contribution >= 4 is 39.8 Å². The van der Waals surface area contributed by atoms with Gasteiger partial charge in [0, 0.05) is 16.1 Å². The van der Waals surface area contributed by atoms with Gasteiger partial charge in [-0.1, -0.05) is 25.1 Å². The number of carbonyl (C=O) groups excluding carboxylic acids is 3. The lowest BCUT2D eigenvalue weighted by Crippen LogP contribution is -2.30. The van der Waals surface area contributed by atoms with Crippen molar-refractivity contribution in [3.8, 4) is 5.75 Å². The molecule has 1 heterocycles. The van der Waals surface area contributed by atoms with Crippen molar-refractivity contribution in [3.63, 3.8) is 0 Å². The molecule has 0 saturated carbocycles. The van der Waals surface area contributed by atoms with Crippen LogP contribution in [0.3, 0.4) is 0 Å². The van der Waals surface area contributed by atoms with E-state index < -0.39 is 12.1 Å². The van der Waals surface area contributed by atoms with E-state index in [1.807, 2.05) is 31.2 Å². The average Bonchev–Trinajstić information content (AvgIpc) is 3.22. The van der Waals surface area contributed by atoms with E-state index in [0.717, 1.165) is 41.0 Å². The second kappa shape index (κ2) is 11.6. The van der Waals surface area contributed by atoms with Gasteiger partial charge in [-0.05, 0) is 87.4 Å². The second-order valence-electron chi connectivity index (χ2n) is 9.32. The Labute approximate surface area is 221 Å². The summed E-state index contributed by atoms with van der Waals surface area (Å²) in [7, 11) is 0. The molecule has 1 aliphatic rings. The quantitative estimate of drug-likeness (QED) is 0.355. The lowest BCUT2D eigenvalue weighted by molar-refractivity contribution is -0.122. The Morgan fingerprint density at radius 3 is 2.51 bits per heavy atom. The van der Waals surface area contributed by atoms with Crippen molar-refractivity contribution in [3.05, 3.63) is 75.7 Å². The highest BCUT2D eigenvalue weighted by molar-refractivity contribution is 7.17. The Morgan fingerprint density at radius 1 is 1.08 bits per heavy atom. The van der Waals surface area contributed by atoms with Crippen LogP contribution >= 0.6 is 11.3 Å². The van der Waals surface area contributed by atoms with Gasteiger partial charge in [0.15, 0.2) is 6.10 Å². The zero-order chi connectivity index (χ0) is 26.5. The predicted molar refractivity (Wildman–Crippen MR) is 146 cm³/mol. The molecule has 7 nitrogen and oxygen atoms in total. The smallest absolute Gasteiger partial charge is 0.341 e. The van der Waals surface area contributed by atoms with Crippen LogP contribution in [-0.4, -0.2) is 30.5 Å². The first-order chi connectivity index (χ1) is 17.8. The monoisotopic (exact) mass is 520 g/mol. The summed E-state index contributed by atoms with van der Waals surface area (Å²) in [5.74, 6) is 0.0227. The summed E-state index contributed by atoms with van der Waals surface area (Å²) >= 11 is 1.46. The zero-order valence-corrected chi connectivity index (χ0v) is 22.4. The number of aryl methyl sites for hydroxylation is 1. The van der Waals surface area contributed by atoms with Crippen LogP contribution in [0.5, 0.6) is 5.75 Å². The van der Waals surface area contributed by atoms with E-state index in [0.29, 0.717) is 27.8 Å². The van der Waals surface area contributed by atoms with Crippen molar-refractivity contribution < 1.29 is 23.9 Å². The third-order valence-corrected chi connectivity index (χ3v) is 7.59. The molecule has 1 aromatic heterocycles. The third kappa shape index (κ3) is 6.20. The molecule has 0 bridgehead atoms. The summed E-state index contributed by atoms with van der Waals surface area (Å²) in [6, 6.07) is 14.1. The average molecular weight is 521 g/mol. The number of para-hydroxylation sites is 1. The molecule has 2 atom stereocenters. The number of nitrogens with one attached hydrogen (secondary N) is 2. The minimum atomic E-state index is -0.730. The number of benzene rings is 2. The maximum Gasteiger partial charge on any atom is 0.341 e. The van der Waals surface area contributed by atoms with Gasteiger partial charge in [-0.3, -0.25) is 9.59 Å². The fourth-order valence-corrected chi connectivity index (χ4v) is 5.72. The molecule has 0 aliphatic heterocycles. The summed E-state index contributed by atoms with van der Waals surface area (Å²) in [6.07, 6.45) is 1.97. The van der Waals surface area contributed by atoms with E-state index in [4.69, 9.17) is 9.47 Å². The fourth-order valence-electron chi connectivity index (χ4n) is 4.32. The fraction of sp³-hybridized carbons (Fsp3) is 0.345. The molecule has 0 fully saturated rings. The molecular weight excluding hydrogens is 488 g/mol. The van der Waals surface area contributed by atoms with Crippen LogP contribution in [-0.2, 0) is 22.4 Å². The van der Waals surface area contributed by atoms with Crippen molar-refractivity contribution in [2.75, 3.05) is 17.2 Å². The van der Waals surface area contributed by atoms with Crippen molar-refractivity contribution in [1.29, 1.82) is 0 Å². The van der Waals surface area contributed by atoms with Gasteiger partial charge in [0.2, 0.25) is 0 Å². The van der Waals surface area contributed by atoms with Crippen molar-refractivity contribution in [1.82, 2.24) is 0 Å². The van der Waals surface area contributed by atoms with E-state index in [1.54, 1.807) is 38.1 Å². The molecule has 0 spiro atoms. The summed E-state index contributed by atoms with van der Waals surface area (Å²) in [6.45, 7) is 7.84. The van der Waals surface area contributed by atoms with Crippen LogP contribution in [0, 0.1) is 12.8 Å². The Kier molecular flexibility index (Phi) is 8.28. The van der Waals surface area contributed by atoms with Gasteiger partial charge < -0.3 is 20.1 Å². The first kappa shape index (κ1) is 26.4. The van der Waals surface area contributed by atoms with Gasteiger partial charge in [0.1, 0.15) is 10.8 Å². The number of hydrogen-bond donors (Lipinski definition) is 2. The number of esters is 1. The number of ether oxygens (including phenoxy) is 2. The molecule has 0 radical (unpaired) electrons. The van der Waals surface area contributed by atoms with Gasteiger partial charge >= 0.3 is 5.97 Å². The maximum atomic E-state index is 13.0. The molecule has 2 amide bonds. The summed E-state index contributed by atoms with van der Waals surface area (Å²) in [4.78, 5) is 39.4. The van der Waals surface area contributed by atoms with Gasteiger partial charge in [0.25, 0.3) is 11.8 Å². The Hall–Kier alpha value is -3.65. The molecule has 3 aromatic rings. The predicted octanol–water partition coefficient (Wildman–Crippen LogP) is 6.02. The number of amides is 2. The van der Waals surface area contributed by atoms with Gasteiger partial charge in [-0.2, -0.15) is 0 Å². The van der Waals surface area contributed by atoms with Gasteiger partial charge in [0.05, 0.1) is 12.2 Å². The molecule has 0 unspecified atom stereocenters. The zero-order valence-electron chi connectivity index (χ0n) is 21.6. The minimum Gasteiger partial charge on any atom is -0.481 e. The van der Waals surface area contributed by atoms with Crippen LogP contribution in [0.15, 0.2) is 48.5 Å². The first-order valence-electron chi connectivity index (χ1n) is 12.5. The minimum absolute atomic E-state index is 0.265. The molecule has 2 N–H and O–H groups in total. The van der Waals surface area contributed by atoms with Crippen LogP contribution in [0.4, 0.5) is 10.7 Å². The topological polar surface area (TPSA) is 93.7 Å². The van der Waals surface area contributed by atoms with Crippen LogP contribution in [0.1, 0.15) is 63.9 Å². The highest BCUT2D eigenvalue weighted by atomic mass is 32.1. The number of rotatable bonds is 8. The van der Waals surface area contributed by atoms with Crippen LogP contribution in [0.25, 0.3) is 0 Å². The number of thiophene rings is 1. The SMILES string of the molecule is CCOC(=O)c1c(NC(=O)c2ccc(O[C@@H](C)C(=O)Nc3ccccc3C)cc2)sc2c1CC[C@@H](C)C2. The molecule has 4 rings (SSSR count). The van der Waals surface area contributed by atoms with Gasteiger partial charge in [-0.15, -0.1) is 11.3 Å². The molecule has 8 heteroatoms. The maximum absolute atomic E-state index is 13.0. The number of carbonyl (C=O) groups is 3. The van der Waals surface area contributed by atoms with E-state index in [2.05, 4.69) is 17.6 Å². The summed E-state index contributed by atoms with van der Waals surface area (Å²) < 4.78 is 11.1. The number of anilines is 2. The largest absolute Gasteiger partial charge is 0.481 e. The van der Waals surface area contributed by atoms with E-state index in [1.165, 1.54) is 11.3 Å². The second-order valence-corrected chi connectivity index (χ2v) is 10.4. The Morgan fingerprint density at radius 2 is 1.81 bits per heavy atom. The summed E-state index contributed by atoms with van der Waals surface area (Å²) in [5, 5.41) is 6.32. The van der Waals surface area contributed by atoms with E-state index in [9.17, 15) is 14.4 Å². The van der Waals surface area contributed by atoms with E-state index >= 15 is 0 Å². The standard InChI is InChI=1S/C29H32N2O5S/c1-5-35-29(34)25-22-15-10-17(2)16-24(22)37-28(25)31-27(33)20-11-13-21(14-12-20)36-19(4)26(32)30-23-9-7-6-8-18(23)3/h6-9,11-14,17,19H,5,10,15-16H2,1-4H3,(H,30,32)(H,31,33)/t17-,19+/m1/s1.